The molecule has 0 spiro atoms. The second-order valence-electron chi connectivity index (χ2n) is 5.76. The zero-order valence-corrected chi connectivity index (χ0v) is 16.4. The molecule has 0 aliphatic heterocycles. The van der Waals surface area contributed by atoms with Crippen molar-refractivity contribution in [3.63, 3.8) is 0 Å². The van der Waals surface area contributed by atoms with Gasteiger partial charge in [0.05, 0.1) is 23.4 Å². The Bertz CT molecular complexity index is 874. The van der Waals surface area contributed by atoms with Gasteiger partial charge in [0, 0.05) is 11.4 Å². The fourth-order valence-corrected chi connectivity index (χ4v) is 2.88. The van der Waals surface area contributed by atoms with Gasteiger partial charge in [-0.05, 0) is 17.7 Å². The van der Waals surface area contributed by atoms with Crippen molar-refractivity contribution in [2.45, 2.75) is 12.5 Å². The molecule has 0 aromatic heterocycles. The molecule has 0 radical (unpaired) electrons. The van der Waals surface area contributed by atoms with Gasteiger partial charge in [-0.15, -0.1) is 0 Å². The number of amides is 1. The number of carbonyl (C=O) groups excluding carboxylic acids is 3. The van der Waals surface area contributed by atoms with Crippen LogP contribution in [0.15, 0.2) is 42.5 Å². The quantitative estimate of drug-likeness (QED) is 0.522. The van der Waals surface area contributed by atoms with Crippen LogP contribution in [-0.2, 0) is 25.5 Å². The summed E-state index contributed by atoms with van der Waals surface area (Å²) >= 11 is 11.7. The molecule has 7 nitrogen and oxygen atoms in total. The first-order valence-corrected chi connectivity index (χ1v) is 8.90. The average molecular weight is 425 g/mol. The van der Waals surface area contributed by atoms with Crippen LogP contribution >= 0.6 is 23.2 Å². The van der Waals surface area contributed by atoms with Gasteiger partial charge in [0.2, 0.25) is 0 Å². The van der Waals surface area contributed by atoms with Crippen LogP contribution in [0.5, 0.6) is 0 Å². The molecular formula is C19H18Cl2N2O5. The van der Waals surface area contributed by atoms with Gasteiger partial charge in [0.15, 0.2) is 6.61 Å². The SMILES string of the molecule is COC(=O)[C@H](Cc1ccccc1)NC(=O)COC(=O)c1cc(Cl)cc(Cl)c1N. The minimum atomic E-state index is -0.927. The van der Waals surface area contributed by atoms with E-state index < -0.39 is 30.5 Å². The van der Waals surface area contributed by atoms with Gasteiger partial charge in [0.1, 0.15) is 6.04 Å². The van der Waals surface area contributed by atoms with Crippen LogP contribution in [-0.4, -0.2) is 37.6 Å². The van der Waals surface area contributed by atoms with Crippen LogP contribution in [0, 0.1) is 0 Å². The molecule has 0 bridgehead atoms. The first-order valence-electron chi connectivity index (χ1n) is 8.14. The number of rotatable bonds is 7. The monoisotopic (exact) mass is 424 g/mol. The summed E-state index contributed by atoms with van der Waals surface area (Å²) in [6.07, 6.45) is 0.226. The van der Waals surface area contributed by atoms with E-state index >= 15 is 0 Å². The van der Waals surface area contributed by atoms with Crippen molar-refractivity contribution in [2.24, 2.45) is 0 Å². The van der Waals surface area contributed by atoms with E-state index in [2.05, 4.69) is 5.32 Å². The van der Waals surface area contributed by atoms with Crippen molar-refractivity contribution in [1.82, 2.24) is 5.32 Å². The maximum Gasteiger partial charge on any atom is 0.340 e. The predicted molar refractivity (Wildman–Crippen MR) is 105 cm³/mol. The summed E-state index contributed by atoms with van der Waals surface area (Å²) in [6.45, 7) is -0.620. The molecule has 0 aliphatic rings. The molecule has 9 heteroatoms. The summed E-state index contributed by atoms with van der Waals surface area (Å²) in [6, 6.07) is 10.8. The highest BCUT2D eigenvalue weighted by Gasteiger charge is 2.23. The zero-order chi connectivity index (χ0) is 20.7. The number of benzene rings is 2. The smallest absolute Gasteiger partial charge is 0.340 e. The molecular weight excluding hydrogens is 407 g/mol. The van der Waals surface area contributed by atoms with E-state index in [1.807, 2.05) is 30.3 Å². The molecule has 0 heterocycles. The minimum absolute atomic E-state index is 0.00649. The third-order valence-electron chi connectivity index (χ3n) is 3.75. The van der Waals surface area contributed by atoms with E-state index in [4.69, 9.17) is 38.4 Å². The Balaban J connectivity index is 1.99. The number of nitrogens with one attached hydrogen (secondary N) is 1. The van der Waals surface area contributed by atoms with Gasteiger partial charge in [-0.25, -0.2) is 9.59 Å². The lowest BCUT2D eigenvalue weighted by atomic mass is 10.1. The van der Waals surface area contributed by atoms with E-state index in [1.54, 1.807) is 0 Å². The summed E-state index contributed by atoms with van der Waals surface area (Å²) in [4.78, 5) is 36.2. The van der Waals surface area contributed by atoms with Crippen molar-refractivity contribution < 1.29 is 23.9 Å². The third-order valence-corrected chi connectivity index (χ3v) is 4.28. The van der Waals surface area contributed by atoms with E-state index in [1.165, 1.54) is 19.2 Å². The molecule has 2 rings (SSSR count). The molecule has 148 valence electrons. The van der Waals surface area contributed by atoms with Gasteiger partial charge < -0.3 is 20.5 Å². The molecule has 0 saturated heterocycles. The summed E-state index contributed by atoms with van der Waals surface area (Å²) < 4.78 is 9.66. The number of ether oxygens (including phenoxy) is 2. The summed E-state index contributed by atoms with van der Waals surface area (Å²) in [5.74, 6) is -2.16. The van der Waals surface area contributed by atoms with Crippen LogP contribution in [0.25, 0.3) is 0 Å². The lowest BCUT2D eigenvalue weighted by Gasteiger charge is -2.17. The van der Waals surface area contributed by atoms with Crippen molar-refractivity contribution in [2.75, 3.05) is 19.5 Å². The van der Waals surface area contributed by atoms with Gasteiger partial charge in [-0.1, -0.05) is 53.5 Å². The molecule has 0 aliphatic carbocycles. The van der Waals surface area contributed by atoms with Crippen molar-refractivity contribution >= 4 is 46.7 Å². The number of methoxy groups -OCH3 is 1. The van der Waals surface area contributed by atoms with Crippen LogP contribution in [0.3, 0.4) is 0 Å². The van der Waals surface area contributed by atoms with Crippen LogP contribution in [0.1, 0.15) is 15.9 Å². The van der Waals surface area contributed by atoms with E-state index in [0.29, 0.717) is 0 Å². The highest BCUT2D eigenvalue weighted by molar-refractivity contribution is 6.37. The van der Waals surface area contributed by atoms with Crippen molar-refractivity contribution in [3.8, 4) is 0 Å². The van der Waals surface area contributed by atoms with E-state index in [-0.39, 0.29) is 27.7 Å². The van der Waals surface area contributed by atoms with Crippen LogP contribution in [0.2, 0.25) is 10.0 Å². The van der Waals surface area contributed by atoms with Gasteiger partial charge in [-0.3, -0.25) is 4.79 Å². The number of anilines is 1. The number of halogens is 2. The van der Waals surface area contributed by atoms with E-state index in [0.717, 1.165) is 5.56 Å². The topological polar surface area (TPSA) is 108 Å². The largest absolute Gasteiger partial charge is 0.467 e. The Hall–Kier alpha value is -2.77. The number of nitrogens with two attached hydrogens (primary N) is 1. The number of hydrogen-bond donors (Lipinski definition) is 2. The molecule has 3 N–H and O–H groups in total. The molecule has 2 aromatic rings. The fraction of sp³-hybridized carbons (Fsp3) is 0.211. The van der Waals surface area contributed by atoms with E-state index in [9.17, 15) is 14.4 Å². The Morgan fingerprint density at radius 3 is 2.46 bits per heavy atom. The number of carbonyl (C=O) groups is 3. The molecule has 28 heavy (non-hydrogen) atoms. The highest BCUT2D eigenvalue weighted by atomic mass is 35.5. The molecule has 2 aromatic carbocycles. The number of esters is 2. The predicted octanol–water partition coefficient (Wildman–Crippen LogP) is 2.63. The zero-order valence-electron chi connectivity index (χ0n) is 14.9. The molecule has 1 amide bonds. The lowest BCUT2D eigenvalue weighted by molar-refractivity contribution is -0.145. The van der Waals surface area contributed by atoms with Gasteiger partial charge in [0.25, 0.3) is 5.91 Å². The van der Waals surface area contributed by atoms with Crippen molar-refractivity contribution in [3.05, 3.63) is 63.6 Å². The van der Waals surface area contributed by atoms with Crippen molar-refractivity contribution in [1.29, 1.82) is 0 Å². The Labute approximate surface area is 171 Å². The Morgan fingerprint density at radius 2 is 1.82 bits per heavy atom. The van der Waals surface area contributed by atoms with Crippen LogP contribution in [0.4, 0.5) is 5.69 Å². The second-order valence-corrected chi connectivity index (χ2v) is 6.60. The number of hydrogen-bond acceptors (Lipinski definition) is 6. The summed E-state index contributed by atoms with van der Waals surface area (Å²) in [7, 11) is 1.22. The average Bonchev–Trinajstić information content (AvgIpc) is 2.68. The number of nitrogen functional groups attached to an aromatic ring is 1. The molecule has 0 fully saturated rings. The molecule has 1 atom stereocenters. The first-order chi connectivity index (χ1) is 13.3. The Morgan fingerprint density at radius 1 is 1.14 bits per heavy atom. The maximum absolute atomic E-state index is 12.2. The standard InChI is InChI=1S/C19H18Cl2N2O5/c1-27-19(26)15(7-11-5-3-2-4-6-11)23-16(24)10-28-18(25)13-8-12(20)9-14(21)17(13)22/h2-6,8-9,15H,7,10,22H2,1H3,(H,23,24)/t15-/m0/s1. The summed E-state index contributed by atoms with van der Waals surface area (Å²) in [5, 5.41) is 2.78. The Kier molecular flexibility index (Phi) is 7.66. The molecule has 0 saturated carbocycles. The lowest BCUT2D eigenvalue weighted by Crippen LogP contribution is -2.44. The summed E-state index contributed by atoms with van der Waals surface area (Å²) in [5.41, 5.74) is 6.50. The first kappa shape index (κ1) is 21.5. The molecule has 0 unspecified atom stereocenters. The normalized spacial score (nSPS) is 11.4. The fourth-order valence-electron chi connectivity index (χ4n) is 2.38. The third kappa shape index (κ3) is 5.87. The maximum atomic E-state index is 12.2. The minimum Gasteiger partial charge on any atom is -0.467 e. The second kappa shape index (κ2) is 9.96. The van der Waals surface area contributed by atoms with Gasteiger partial charge >= 0.3 is 11.9 Å². The highest BCUT2D eigenvalue weighted by Crippen LogP contribution is 2.28. The van der Waals surface area contributed by atoms with Crippen LogP contribution < -0.4 is 11.1 Å². The van der Waals surface area contributed by atoms with Gasteiger partial charge in [-0.2, -0.15) is 0 Å².